The van der Waals surface area contributed by atoms with Gasteiger partial charge in [-0.2, -0.15) is 18.2 Å². The molecule has 1 aliphatic rings. The Hall–Kier alpha value is -4.15. The minimum Gasteiger partial charge on any atom is -0.465 e. The van der Waals surface area contributed by atoms with Crippen molar-refractivity contribution in [2.24, 2.45) is 7.05 Å². The van der Waals surface area contributed by atoms with Gasteiger partial charge in [0.1, 0.15) is 5.69 Å². The predicted octanol–water partition coefficient (Wildman–Crippen LogP) is 4.23. The molecule has 1 aromatic carbocycles. The topological polar surface area (TPSA) is 93.3 Å². The second-order valence-corrected chi connectivity index (χ2v) is 8.39. The van der Waals surface area contributed by atoms with Crippen LogP contribution in [0.1, 0.15) is 23.4 Å². The summed E-state index contributed by atoms with van der Waals surface area (Å²) in [5.41, 5.74) is 2.37. The number of fused-ring (bicyclic) bond motifs is 3. The third kappa shape index (κ3) is 4.02. The highest BCUT2D eigenvalue weighted by Gasteiger charge is 2.32. The minimum atomic E-state index is -4.55. The first-order valence-electron chi connectivity index (χ1n) is 10.9. The van der Waals surface area contributed by atoms with E-state index < -0.39 is 23.7 Å². The SMILES string of the molecule is Cn1c2c(c3ccc(-n4ccc(-c5ccc(C(F)(F)F)nc5)nc4=O)cc31)CN(C(=O)O)CCC2. The quantitative estimate of drug-likeness (QED) is 0.461. The van der Waals surface area contributed by atoms with Gasteiger partial charge in [-0.3, -0.25) is 9.55 Å². The first kappa shape index (κ1) is 22.6. The molecule has 1 N–H and O–H groups in total. The van der Waals surface area contributed by atoms with E-state index in [4.69, 9.17) is 0 Å². The monoisotopic (exact) mass is 483 g/mol. The molecule has 0 saturated carbocycles. The fourth-order valence-corrected chi connectivity index (χ4v) is 4.54. The largest absolute Gasteiger partial charge is 0.465 e. The molecule has 11 heteroatoms. The van der Waals surface area contributed by atoms with Crippen LogP contribution in [0.15, 0.2) is 53.6 Å². The Morgan fingerprint density at radius 2 is 1.94 bits per heavy atom. The third-order valence-corrected chi connectivity index (χ3v) is 6.31. The summed E-state index contributed by atoms with van der Waals surface area (Å²) in [6.45, 7) is 0.782. The molecular weight excluding hydrogens is 463 g/mol. The van der Waals surface area contributed by atoms with Crippen LogP contribution in [0.4, 0.5) is 18.0 Å². The number of hydrogen-bond acceptors (Lipinski definition) is 4. The zero-order valence-corrected chi connectivity index (χ0v) is 18.6. The van der Waals surface area contributed by atoms with Gasteiger partial charge < -0.3 is 14.6 Å². The molecule has 0 spiro atoms. The van der Waals surface area contributed by atoms with Crippen LogP contribution >= 0.6 is 0 Å². The fourth-order valence-electron chi connectivity index (χ4n) is 4.54. The van der Waals surface area contributed by atoms with E-state index in [2.05, 4.69) is 9.97 Å². The average Bonchev–Trinajstić information content (AvgIpc) is 2.97. The third-order valence-electron chi connectivity index (χ3n) is 6.31. The van der Waals surface area contributed by atoms with Crippen molar-refractivity contribution in [1.82, 2.24) is 24.0 Å². The summed E-state index contributed by atoms with van der Waals surface area (Å²) in [5.74, 6) is 0. The van der Waals surface area contributed by atoms with Gasteiger partial charge in [0, 0.05) is 48.2 Å². The number of aryl methyl sites for hydroxylation is 1. The number of nitrogens with zero attached hydrogens (tertiary/aromatic N) is 5. The van der Waals surface area contributed by atoms with Gasteiger partial charge >= 0.3 is 18.0 Å². The van der Waals surface area contributed by atoms with Gasteiger partial charge in [0.2, 0.25) is 0 Å². The summed E-state index contributed by atoms with van der Waals surface area (Å²) < 4.78 is 41.6. The van der Waals surface area contributed by atoms with Gasteiger partial charge in [-0.25, -0.2) is 9.59 Å². The van der Waals surface area contributed by atoms with Crippen LogP contribution in [0.5, 0.6) is 0 Å². The molecular formula is C24H20F3N5O3. The molecule has 1 amide bonds. The van der Waals surface area contributed by atoms with Gasteiger partial charge in [0.15, 0.2) is 0 Å². The molecule has 4 aromatic rings. The molecule has 4 heterocycles. The number of halogens is 3. The Balaban J connectivity index is 1.51. The van der Waals surface area contributed by atoms with Gasteiger partial charge in [-0.1, -0.05) is 6.07 Å². The molecule has 0 aliphatic carbocycles. The fraction of sp³-hybridized carbons (Fsp3) is 0.250. The molecule has 0 atom stereocenters. The zero-order chi connectivity index (χ0) is 24.9. The van der Waals surface area contributed by atoms with Gasteiger partial charge in [0.25, 0.3) is 0 Å². The lowest BCUT2D eigenvalue weighted by molar-refractivity contribution is -0.141. The van der Waals surface area contributed by atoms with Crippen LogP contribution in [-0.4, -0.2) is 41.7 Å². The van der Waals surface area contributed by atoms with Crippen LogP contribution in [0, 0.1) is 0 Å². The highest BCUT2D eigenvalue weighted by atomic mass is 19.4. The van der Waals surface area contributed by atoms with E-state index in [9.17, 15) is 27.9 Å². The van der Waals surface area contributed by atoms with Crippen molar-refractivity contribution >= 4 is 17.0 Å². The number of carboxylic acid groups (broad SMARTS) is 1. The molecule has 0 radical (unpaired) electrons. The number of pyridine rings is 1. The average molecular weight is 483 g/mol. The van der Waals surface area contributed by atoms with E-state index in [-0.39, 0.29) is 5.69 Å². The molecule has 3 aromatic heterocycles. The smallest absolute Gasteiger partial charge is 0.433 e. The van der Waals surface area contributed by atoms with Crippen LogP contribution < -0.4 is 5.69 Å². The van der Waals surface area contributed by atoms with E-state index in [0.29, 0.717) is 24.3 Å². The maximum atomic E-state index is 12.8. The molecule has 35 heavy (non-hydrogen) atoms. The lowest BCUT2D eigenvalue weighted by Gasteiger charge is -2.16. The van der Waals surface area contributed by atoms with Crippen LogP contribution in [0.3, 0.4) is 0 Å². The molecule has 1 aliphatic heterocycles. The van der Waals surface area contributed by atoms with E-state index in [0.717, 1.165) is 47.3 Å². The number of carbonyl (C=O) groups is 1. The summed E-state index contributed by atoms with van der Waals surface area (Å²) in [4.78, 5) is 33.2. The van der Waals surface area contributed by atoms with Crippen molar-refractivity contribution in [3.8, 4) is 16.9 Å². The standard InChI is InChI=1S/C24H20F3N5O3/c1-30-19-3-2-9-31(23(34)35)13-17(19)16-6-5-15(11-20(16)30)32-10-8-18(29-22(32)33)14-4-7-21(28-12-14)24(25,26)27/h4-8,10-12H,2-3,9,13H2,1H3,(H,34,35). The molecule has 0 bridgehead atoms. The van der Waals surface area contributed by atoms with Crippen molar-refractivity contribution < 1.29 is 23.1 Å². The lowest BCUT2D eigenvalue weighted by atomic mass is 10.1. The normalized spacial score (nSPS) is 14.1. The number of hydrogen-bond donors (Lipinski definition) is 1. The maximum absolute atomic E-state index is 12.8. The maximum Gasteiger partial charge on any atom is 0.433 e. The Morgan fingerprint density at radius 3 is 2.60 bits per heavy atom. The van der Waals surface area contributed by atoms with E-state index >= 15 is 0 Å². The zero-order valence-electron chi connectivity index (χ0n) is 18.6. The van der Waals surface area contributed by atoms with E-state index in [1.807, 2.05) is 23.7 Å². The Morgan fingerprint density at radius 1 is 1.14 bits per heavy atom. The summed E-state index contributed by atoms with van der Waals surface area (Å²) >= 11 is 0. The van der Waals surface area contributed by atoms with E-state index in [1.165, 1.54) is 21.7 Å². The summed E-state index contributed by atoms with van der Waals surface area (Å²) in [6, 6.07) is 9.10. The number of benzene rings is 1. The van der Waals surface area contributed by atoms with Crippen LogP contribution in [-0.2, 0) is 26.2 Å². The molecule has 0 unspecified atom stereocenters. The molecule has 0 saturated heterocycles. The highest BCUT2D eigenvalue weighted by molar-refractivity contribution is 5.87. The minimum absolute atomic E-state index is 0.216. The van der Waals surface area contributed by atoms with Crippen LogP contribution in [0.2, 0.25) is 0 Å². The Kier molecular flexibility index (Phi) is 5.34. The van der Waals surface area contributed by atoms with Gasteiger partial charge in [0.05, 0.1) is 23.4 Å². The first-order valence-corrected chi connectivity index (χ1v) is 10.9. The lowest BCUT2D eigenvalue weighted by Crippen LogP contribution is -2.28. The summed E-state index contributed by atoms with van der Waals surface area (Å²) in [7, 11) is 1.92. The van der Waals surface area contributed by atoms with Crippen molar-refractivity contribution in [3.63, 3.8) is 0 Å². The highest BCUT2D eigenvalue weighted by Crippen LogP contribution is 2.31. The molecule has 5 rings (SSSR count). The Bertz CT molecular complexity index is 1510. The number of amides is 1. The van der Waals surface area contributed by atoms with Crippen LogP contribution in [0.25, 0.3) is 27.8 Å². The molecule has 8 nitrogen and oxygen atoms in total. The van der Waals surface area contributed by atoms with E-state index in [1.54, 1.807) is 12.1 Å². The van der Waals surface area contributed by atoms with Gasteiger partial charge in [-0.05, 0) is 43.2 Å². The number of alkyl halides is 3. The second kappa shape index (κ2) is 8.26. The van der Waals surface area contributed by atoms with Crippen molar-refractivity contribution in [1.29, 1.82) is 0 Å². The number of rotatable bonds is 2. The van der Waals surface area contributed by atoms with Crippen molar-refractivity contribution in [3.05, 3.63) is 76.2 Å². The molecule has 180 valence electrons. The number of aromatic nitrogens is 4. The first-order chi connectivity index (χ1) is 16.6. The molecule has 0 fully saturated rings. The van der Waals surface area contributed by atoms with Crippen molar-refractivity contribution in [2.45, 2.75) is 25.6 Å². The van der Waals surface area contributed by atoms with Gasteiger partial charge in [-0.15, -0.1) is 0 Å². The second-order valence-electron chi connectivity index (χ2n) is 8.39. The summed E-state index contributed by atoms with van der Waals surface area (Å²) in [5, 5.41) is 10.4. The van der Waals surface area contributed by atoms with Crippen molar-refractivity contribution in [2.75, 3.05) is 6.54 Å². The summed E-state index contributed by atoms with van der Waals surface area (Å²) in [6.07, 6.45) is -1.47. The predicted molar refractivity (Wildman–Crippen MR) is 121 cm³/mol. The Labute approximate surface area is 196 Å².